The van der Waals surface area contributed by atoms with Crippen molar-refractivity contribution < 1.29 is 14.6 Å². The van der Waals surface area contributed by atoms with Crippen molar-refractivity contribution in [2.75, 3.05) is 7.11 Å². The Balaban J connectivity index is 2.23. The zero-order valence-corrected chi connectivity index (χ0v) is 13.8. The van der Waals surface area contributed by atoms with Crippen molar-refractivity contribution in [1.29, 1.82) is 0 Å². The molecule has 2 rings (SSSR count). The molecular weight excluding hydrogens is 391 g/mol. The summed E-state index contributed by atoms with van der Waals surface area (Å²) in [5.74, 6) is 1.26. The molecule has 0 amide bonds. The first kappa shape index (κ1) is 15.4. The first-order valence-corrected chi connectivity index (χ1v) is 7.45. The van der Waals surface area contributed by atoms with Crippen molar-refractivity contribution in [2.24, 2.45) is 0 Å². The number of halogens is 2. The van der Waals surface area contributed by atoms with Gasteiger partial charge in [-0.3, -0.25) is 0 Å². The van der Waals surface area contributed by atoms with E-state index >= 15 is 0 Å². The fourth-order valence-corrected chi connectivity index (χ4v) is 2.78. The second-order valence-electron chi connectivity index (χ2n) is 4.15. The van der Waals surface area contributed by atoms with Gasteiger partial charge in [0.1, 0.15) is 6.61 Å². The molecule has 0 unspecified atom stereocenters. The summed E-state index contributed by atoms with van der Waals surface area (Å²) in [5.41, 5.74) is 1.70. The Morgan fingerprint density at radius 3 is 2.65 bits per heavy atom. The third-order valence-electron chi connectivity index (χ3n) is 2.80. The van der Waals surface area contributed by atoms with Gasteiger partial charge in [-0.15, -0.1) is 0 Å². The van der Waals surface area contributed by atoms with Crippen LogP contribution in [0, 0.1) is 3.57 Å². The van der Waals surface area contributed by atoms with Crippen LogP contribution in [0.2, 0.25) is 5.02 Å². The summed E-state index contributed by atoms with van der Waals surface area (Å²) in [6, 6.07) is 11.2. The summed E-state index contributed by atoms with van der Waals surface area (Å²) in [6.45, 7) is 0.335. The fraction of sp³-hybridized carbons (Fsp3) is 0.200. The van der Waals surface area contributed by atoms with Crippen LogP contribution in [-0.4, -0.2) is 12.2 Å². The quantitative estimate of drug-likeness (QED) is 0.765. The number of rotatable bonds is 5. The van der Waals surface area contributed by atoms with Crippen LogP contribution in [0.25, 0.3) is 0 Å². The summed E-state index contributed by atoms with van der Waals surface area (Å²) >= 11 is 8.27. The highest BCUT2D eigenvalue weighted by Gasteiger charge is 2.12. The summed E-state index contributed by atoms with van der Waals surface area (Å²) < 4.78 is 12.0. The van der Waals surface area contributed by atoms with E-state index < -0.39 is 0 Å². The van der Waals surface area contributed by atoms with Crippen molar-refractivity contribution in [1.82, 2.24) is 0 Å². The van der Waals surface area contributed by atoms with E-state index in [0.717, 1.165) is 14.7 Å². The highest BCUT2D eigenvalue weighted by molar-refractivity contribution is 14.1. The lowest BCUT2D eigenvalue weighted by atomic mass is 10.2. The standard InChI is InChI=1S/C15H14ClIO3/c1-19-14-7-10(8-18)6-13(17)15(14)20-9-11-4-2-3-5-12(11)16/h2-7,18H,8-9H2,1H3. The Morgan fingerprint density at radius 2 is 2.00 bits per heavy atom. The maximum atomic E-state index is 9.20. The molecule has 20 heavy (non-hydrogen) atoms. The second-order valence-corrected chi connectivity index (χ2v) is 5.72. The topological polar surface area (TPSA) is 38.7 Å². The third-order valence-corrected chi connectivity index (χ3v) is 3.97. The van der Waals surface area contributed by atoms with Gasteiger partial charge in [-0.2, -0.15) is 0 Å². The molecule has 3 nitrogen and oxygen atoms in total. The van der Waals surface area contributed by atoms with Crippen LogP contribution >= 0.6 is 34.2 Å². The Morgan fingerprint density at radius 1 is 1.25 bits per heavy atom. The van der Waals surface area contributed by atoms with Gasteiger partial charge in [0.25, 0.3) is 0 Å². The smallest absolute Gasteiger partial charge is 0.174 e. The number of aliphatic hydroxyl groups excluding tert-OH is 1. The molecule has 5 heteroatoms. The predicted molar refractivity (Wildman–Crippen MR) is 87.4 cm³/mol. The molecule has 0 fully saturated rings. The van der Waals surface area contributed by atoms with Gasteiger partial charge >= 0.3 is 0 Å². The molecule has 0 heterocycles. The van der Waals surface area contributed by atoms with Gasteiger partial charge in [-0.25, -0.2) is 0 Å². The molecule has 0 bridgehead atoms. The lowest BCUT2D eigenvalue weighted by Crippen LogP contribution is -2.01. The van der Waals surface area contributed by atoms with Crippen LogP contribution in [0.15, 0.2) is 36.4 Å². The van der Waals surface area contributed by atoms with Gasteiger partial charge in [-0.1, -0.05) is 29.8 Å². The molecule has 0 aliphatic carbocycles. The number of methoxy groups -OCH3 is 1. The molecule has 106 valence electrons. The van der Waals surface area contributed by atoms with E-state index in [1.807, 2.05) is 30.3 Å². The van der Waals surface area contributed by atoms with E-state index in [9.17, 15) is 5.11 Å². The van der Waals surface area contributed by atoms with E-state index in [4.69, 9.17) is 21.1 Å². The van der Waals surface area contributed by atoms with Crippen LogP contribution in [-0.2, 0) is 13.2 Å². The lowest BCUT2D eigenvalue weighted by molar-refractivity contribution is 0.273. The summed E-state index contributed by atoms with van der Waals surface area (Å²) in [6.07, 6.45) is 0. The van der Waals surface area contributed by atoms with Gasteiger partial charge < -0.3 is 14.6 Å². The number of aliphatic hydroxyl groups is 1. The van der Waals surface area contributed by atoms with Gasteiger partial charge in [0.2, 0.25) is 0 Å². The van der Waals surface area contributed by atoms with Crippen molar-refractivity contribution in [3.63, 3.8) is 0 Å². The molecule has 2 aromatic carbocycles. The summed E-state index contributed by atoms with van der Waals surface area (Å²) in [5, 5.41) is 9.87. The van der Waals surface area contributed by atoms with Crippen molar-refractivity contribution >= 4 is 34.2 Å². The molecule has 0 saturated heterocycles. The van der Waals surface area contributed by atoms with E-state index in [1.165, 1.54) is 0 Å². The first-order chi connectivity index (χ1) is 9.65. The zero-order valence-electron chi connectivity index (χ0n) is 10.9. The van der Waals surface area contributed by atoms with Gasteiger partial charge in [0, 0.05) is 10.6 Å². The fourth-order valence-electron chi connectivity index (χ4n) is 1.77. The van der Waals surface area contributed by atoms with Gasteiger partial charge in [-0.05, 0) is 46.4 Å². The largest absolute Gasteiger partial charge is 0.493 e. The number of benzene rings is 2. The predicted octanol–water partition coefficient (Wildman–Crippen LogP) is 4.02. The Hall–Kier alpha value is -0.980. The average molecular weight is 405 g/mol. The van der Waals surface area contributed by atoms with Crippen LogP contribution < -0.4 is 9.47 Å². The number of hydrogen-bond donors (Lipinski definition) is 1. The molecule has 0 aliphatic heterocycles. The zero-order chi connectivity index (χ0) is 14.5. The molecule has 0 radical (unpaired) electrons. The number of ether oxygens (including phenoxy) is 2. The van der Waals surface area contributed by atoms with Crippen LogP contribution in [0.5, 0.6) is 11.5 Å². The van der Waals surface area contributed by atoms with E-state index in [0.29, 0.717) is 23.1 Å². The van der Waals surface area contributed by atoms with Crippen molar-refractivity contribution in [3.8, 4) is 11.5 Å². The van der Waals surface area contributed by atoms with Crippen LogP contribution in [0.3, 0.4) is 0 Å². The monoisotopic (exact) mass is 404 g/mol. The molecule has 0 spiro atoms. The molecule has 0 aromatic heterocycles. The minimum absolute atomic E-state index is 0.0306. The summed E-state index contributed by atoms with van der Waals surface area (Å²) in [7, 11) is 1.58. The van der Waals surface area contributed by atoms with E-state index in [1.54, 1.807) is 13.2 Å². The molecule has 2 aromatic rings. The molecule has 1 N–H and O–H groups in total. The maximum Gasteiger partial charge on any atom is 0.174 e. The third kappa shape index (κ3) is 3.56. The normalized spacial score (nSPS) is 10.4. The van der Waals surface area contributed by atoms with E-state index in [-0.39, 0.29) is 6.61 Å². The highest BCUT2D eigenvalue weighted by Crippen LogP contribution is 2.34. The average Bonchev–Trinajstić information content (AvgIpc) is 2.46. The second kappa shape index (κ2) is 7.15. The lowest BCUT2D eigenvalue weighted by Gasteiger charge is -2.14. The van der Waals surface area contributed by atoms with Crippen molar-refractivity contribution in [3.05, 3.63) is 56.1 Å². The molecule has 0 atom stereocenters. The van der Waals surface area contributed by atoms with E-state index in [2.05, 4.69) is 22.6 Å². The SMILES string of the molecule is COc1cc(CO)cc(I)c1OCc1ccccc1Cl. The Labute approximate surface area is 136 Å². The summed E-state index contributed by atoms with van der Waals surface area (Å²) in [4.78, 5) is 0. The number of hydrogen-bond acceptors (Lipinski definition) is 3. The van der Waals surface area contributed by atoms with Gasteiger partial charge in [0.05, 0.1) is 17.3 Å². The Bertz CT molecular complexity index is 602. The Kier molecular flexibility index (Phi) is 5.51. The molecular formula is C15H14ClIO3. The first-order valence-electron chi connectivity index (χ1n) is 5.99. The van der Waals surface area contributed by atoms with Crippen LogP contribution in [0.1, 0.15) is 11.1 Å². The molecule has 0 saturated carbocycles. The van der Waals surface area contributed by atoms with Crippen molar-refractivity contribution in [2.45, 2.75) is 13.2 Å². The highest BCUT2D eigenvalue weighted by atomic mass is 127. The molecule has 0 aliphatic rings. The minimum Gasteiger partial charge on any atom is -0.493 e. The maximum absolute atomic E-state index is 9.20. The minimum atomic E-state index is -0.0306. The van der Waals surface area contributed by atoms with Crippen LogP contribution in [0.4, 0.5) is 0 Å². The van der Waals surface area contributed by atoms with Gasteiger partial charge in [0.15, 0.2) is 11.5 Å².